The summed E-state index contributed by atoms with van der Waals surface area (Å²) in [5.41, 5.74) is 1.14. The maximum absolute atomic E-state index is 11.6. The zero-order chi connectivity index (χ0) is 12.6. The molecule has 6 nitrogen and oxygen atoms in total. The van der Waals surface area contributed by atoms with Crippen molar-refractivity contribution in [1.82, 2.24) is 0 Å². The molecule has 2 rings (SSSR count). The van der Waals surface area contributed by atoms with Crippen LogP contribution in [0, 0.1) is 17.0 Å². The molecule has 1 aromatic rings. The molecule has 1 aromatic carbocycles. The van der Waals surface area contributed by atoms with Gasteiger partial charge in [-0.05, 0) is 18.6 Å². The van der Waals surface area contributed by atoms with E-state index in [0.717, 1.165) is 0 Å². The third-order valence-corrected chi connectivity index (χ3v) is 2.67. The van der Waals surface area contributed by atoms with Gasteiger partial charge < -0.3 is 10.0 Å². The molecule has 0 spiro atoms. The number of amides is 1. The number of carbonyl (C=O) groups excluding carboxylic acids is 1. The van der Waals surface area contributed by atoms with E-state index in [2.05, 4.69) is 0 Å². The summed E-state index contributed by atoms with van der Waals surface area (Å²) in [6, 6.07) is 4.49. The van der Waals surface area contributed by atoms with Crippen molar-refractivity contribution in [2.24, 2.45) is 0 Å². The second kappa shape index (κ2) is 4.14. The molecule has 0 bridgehead atoms. The fourth-order valence-electron chi connectivity index (χ4n) is 1.94. The van der Waals surface area contributed by atoms with Crippen LogP contribution in [-0.4, -0.2) is 28.6 Å². The first-order valence-electron chi connectivity index (χ1n) is 5.22. The summed E-state index contributed by atoms with van der Waals surface area (Å²) in [6.45, 7) is 1.92. The summed E-state index contributed by atoms with van der Waals surface area (Å²) in [6.07, 6.45) is -0.621. The van der Waals surface area contributed by atoms with Gasteiger partial charge in [0, 0.05) is 12.1 Å². The van der Waals surface area contributed by atoms with Crippen LogP contribution in [0.1, 0.15) is 12.0 Å². The largest absolute Gasteiger partial charge is 0.391 e. The zero-order valence-corrected chi connectivity index (χ0v) is 9.29. The molecule has 0 aliphatic carbocycles. The summed E-state index contributed by atoms with van der Waals surface area (Å²) in [5.74, 6) is -0.211. The Balaban J connectivity index is 2.39. The van der Waals surface area contributed by atoms with Gasteiger partial charge in [-0.25, -0.2) is 0 Å². The Bertz CT molecular complexity index is 486. The number of non-ortho nitro benzene ring substituents is 1. The van der Waals surface area contributed by atoms with Gasteiger partial charge in [0.05, 0.1) is 29.7 Å². The highest BCUT2D eigenvalue weighted by Crippen LogP contribution is 2.27. The minimum Gasteiger partial charge on any atom is -0.391 e. The molecule has 1 unspecified atom stereocenters. The van der Waals surface area contributed by atoms with E-state index in [1.165, 1.54) is 17.0 Å². The number of rotatable bonds is 2. The van der Waals surface area contributed by atoms with Crippen LogP contribution < -0.4 is 4.90 Å². The highest BCUT2D eigenvalue weighted by Gasteiger charge is 2.29. The van der Waals surface area contributed by atoms with Gasteiger partial charge in [-0.15, -0.1) is 0 Å². The van der Waals surface area contributed by atoms with Crippen LogP contribution in [0.5, 0.6) is 0 Å². The molecule has 6 heteroatoms. The van der Waals surface area contributed by atoms with Crippen LogP contribution in [0.25, 0.3) is 0 Å². The Hall–Kier alpha value is -1.95. The van der Waals surface area contributed by atoms with E-state index >= 15 is 0 Å². The number of benzene rings is 1. The van der Waals surface area contributed by atoms with Gasteiger partial charge in [-0.2, -0.15) is 0 Å². The average molecular weight is 236 g/mol. The molecule has 0 saturated carbocycles. The normalized spacial score (nSPS) is 19.8. The minimum atomic E-state index is -0.693. The average Bonchev–Trinajstić information content (AvgIpc) is 2.57. The summed E-state index contributed by atoms with van der Waals surface area (Å²) in [7, 11) is 0. The number of aliphatic hydroxyl groups is 1. The van der Waals surface area contributed by atoms with Crippen molar-refractivity contribution < 1.29 is 14.8 Å². The fourth-order valence-corrected chi connectivity index (χ4v) is 1.94. The van der Waals surface area contributed by atoms with E-state index in [1.54, 1.807) is 13.0 Å². The Labute approximate surface area is 97.6 Å². The zero-order valence-electron chi connectivity index (χ0n) is 9.29. The molecule has 1 N–H and O–H groups in total. The SMILES string of the molecule is Cc1cc(N2CC(O)CC2=O)cc([N+](=O)[O-])c1. The number of anilines is 1. The van der Waals surface area contributed by atoms with E-state index in [-0.39, 0.29) is 24.6 Å². The first-order valence-corrected chi connectivity index (χ1v) is 5.22. The highest BCUT2D eigenvalue weighted by atomic mass is 16.6. The van der Waals surface area contributed by atoms with Gasteiger partial charge in [0.15, 0.2) is 0 Å². The molecular formula is C11H12N2O4. The lowest BCUT2D eigenvalue weighted by atomic mass is 10.2. The Morgan fingerprint density at radius 1 is 1.47 bits per heavy atom. The summed E-state index contributed by atoms with van der Waals surface area (Å²) in [4.78, 5) is 23.2. The van der Waals surface area contributed by atoms with Crippen molar-refractivity contribution in [3.05, 3.63) is 33.9 Å². The van der Waals surface area contributed by atoms with Crippen LogP contribution in [0.2, 0.25) is 0 Å². The number of hydrogen-bond donors (Lipinski definition) is 1. The Morgan fingerprint density at radius 2 is 2.18 bits per heavy atom. The third-order valence-electron chi connectivity index (χ3n) is 2.67. The molecule has 1 aliphatic rings. The van der Waals surface area contributed by atoms with Gasteiger partial charge in [-0.3, -0.25) is 14.9 Å². The molecule has 0 aromatic heterocycles. The quantitative estimate of drug-likeness (QED) is 0.613. The number of nitro benzene ring substituents is 1. The first-order chi connectivity index (χ1) is 7.97. The van der Waals surface area contributed by atoms with E-state index in [1.807, 2.05) is 0 Å². The summed E-state index contributed by atoms with van der Waals surface area (Å²) in [5, 5.41) is 20.1. The number of β-amino-alcohol motifs (C(OH)–C–C–N with tert-alkyl or cyclic N) is 1. The topological polar surface area (TPSA) is 83.7 Å². The molecule has 17 heavy (non-hydrogen) atoms. The number of aryl methyl sites for hydroxylation is 1. The van der Waals surface area contributed by atoms with Crippen LogP contribution in [-0.2, 0) is 4.79 Å². The van der Waals surface area contributed by atoms with Gasteiger partial charge in [0.25, 0.3) is 5.69 Å². The monoisotopic (exact) mass is 236 g/mol. The predicted molar refractivity (Wildman–Crippen MR) is 60.8 cm³/mol. The van der Waals surface area contributed by atoms with Crippen molar-refractivity contribution in [2.75, 3.05) is 11.4 Å². The molecule has 1 atom stereocenters. The second-order valence-electron chi connectivity index (χ2n) is 4.15. The lowest BCUT2D eigenvalue weighted by molar-refractivity contribution is -0.384. The number of carbonyl (C=O) groups is 1. The van der Waals surface area contributed by atoms with Gasteiger partial charge in [0.1, 0.15) is 0 Å². The molecule has 1 saturated heterocycles. The predicted octanol–water partition coefficient (Wildman–Crippen LogP) is 1.00. The number of nitro groups is 1. The van der Waals surface area contributed by atoms with Gasteiger partial charge >= 0.3 is 0 Å². The smallest absolute Gasteiger partial charge is 0.271 e. The molecule has 0 radical (unpaired) electrons. The van der Waals surface area contributed by atoms with Crippen molar-refractivity contribution in [1.29, 1.82) is 0 Å². The number of hydrogen-bond acceptors (Lipinski definition) is 4. The Kier molecular flexibility index (Phi) is 2.81. The number of aliphatic hydroxyl groups excluding tert-OH is 1. The second-order valence-corrected chi connectivity index (χ2v) is 4.15. The van der Waals surface area contributed by atoms with E-state index < -0.39 is 11.0 Å². The van der Waals surface area contributed by atoms with Crippen molar-refractivity contribution >= 4 is 17.3 Å². The van der Waals surface area contributed by atoms with Crippen LogP contribution in [0.3, 0.4) is 0 Å². The lowest BCUT2D eigenvalue weighted by Crippen LogP contribution is -2.25. The van der Waals surface area contributed by atoms with Gasteiger partial charge in [-0.1, -0.05) is 0 Å². The molecule has 90 valence electrons. The van der Waals surface area contributed by atoms with Crippen LogP contribution >= 0.6 is 0 Å². The lowest BCUT2D eigenvalue weighted by Gasteiger charge is -2.16. The first kappa shape index (κ1) is 11.5. The maximum atomic E-state index is 11.6. The highest BCUT2D eigenvalue weighted by molar-refractivity contribution is 5.96. The van der Waals surface area contributed by atoms with Crippen LogP contribution in [0.15, 0.2) is 18.2 Å². The fraction of sp³-hybridized carbons (Fsp3) is 0.364. The molecule has 1 amide bonds. The van der Waals surface area contributed by atoms with E-state index in [9.17, 15) is 20.0 Å². The summed E-state index contributed by atoms with van der Waals surface area (Å²) >= 11 is 0. The van der Waals surface area contributed by atoms with Crippen LogP contribution in [0.4, 0.5) is 11.4 Å². The number of nitrogens with zero attached hydrogens (tertiary/aromatic N) is 2. The third kappa shape index (κ3) is 2.26. The van der Waals surface area contributed by atoms with Crippen molar-refractivity contribution in [3.63, 3.8) is 0 Å². The Morgan fingerprint density at radius 3 is 2.71 bits per heavy atom. The molecule has 1 aliphatic heterocycles. The molecule has 1 fully saturated rings. The molecular weight excluding hydrogens is 224 g/mol. The van der Waals surface area contributed by atoms with E-state index in [4.69, 9.17) is 0 Å². The minimum absolute atomic E-state index is 0.0470. The van der Waals surface area contributed by atoms with E-state index in [0.29, 0.717) is 11.3 Å². The molecule has 1 heterocycles. The summed E-state index contributed by atoms with van der Waals surface area (Å²) < 4.78 is 0. The van der Waals surface area contributed by atoms with Crippen molar-refractivity contribution in [2.45, 2.75) is 19.4 Å². The van der Waals surface area contributed by atoms with Crippen molar-refractivity contribution in [3.8, 4) is 0 Å². The van der Waals surface area contributed by atoms with Gasteiger partial charge in [0.2, 0.25) is 5.91 Å². The standard InChI is InChI=1S/C11H12N2O4/c1-7-2-8(4-9(3-7)13(16)17)12-6-10(14)5-11(12)15/h2-4,10,14H,5-6H2,1H3. The maximum Gasteiger partial charge on any atom is 0.271 e.